The van der Waals surface area contributed by atoms with Crippen molar-refractivity contribution in [1.29, 1.82) is 0 Å². The summed E-state index contributed by atoms with van der Waals surface area (Å²) in [6.45, 7) is 5.82. The van der Waals surface area contributed by atoms with Crippen LogP contribution < -0.4 is 0 Å². The highest BCUT2D eigenvalue weighted by Gasteiger charge is 2.24. The largest absolute Gasteiger partial charge is 0.375 e. The Hall–Kier alpha value is -1.68. The maximum Gasteiger partial charge on any atom is 0.0717 e. The maximum atomic E-state index is 5.96. The van der Waals surface area contributed by atoms with Crippen molar-refractivity contribution in [2.45, 2.75) is 19.2 Å². The number of ether oxygens (including phenoxy) is 1. The van der Waals surface area contributed by atoms with Gasteiger partial charge < -0.3 is 4.74 Å². The second-order valence-corrected chi connectivity index (χ2v) is 6.36. The molecule has 1 aliphatic rings. The summed E-state index contributed by atoms with van der Waals surface area (Å²) in [7, 11) is 2.20. The third-order valence-corrected chi connectivity index (χ3v) is 4.53. The summed E-state index contributed by atoms with van der Waals surface area (Å²) in [6.07, 6.45) is 0. The van der Waals surface area contributed by atoms with Crippen molar-refractivity contribution in [3.63, 3.8) is 0 Å². The number of hydrogen-bond acceptors (Lipinski definition) is 3. The molecule has 0 N–H and O–H groups in total. The van der Waals surface area contributed by atoms with E-state index in [9.17, 15) is 0 Å². The Kier molecular flexibility index (Phi) is 5.81. The van der Waals surface area contributed by atoms with Crippen molar-refractivity contribution in [1.82, 2.24) is 9.80 Å². The highest BCUT2D eigenvalue weighted by Crippen LogP contribution is 2.13. The summed E-state index contributed by atoms with van der Waals surface area (Å²) >= 11 is 0. The monoisotopic (exact) mass is 310 g/mol. The number of hydrogen-bond donors (Lipinski definition) is 0. The first-order valence-corrected chi connectivity index (χ1v) is 8.39. The van der Waals surface area contributed by atoms with Crippen LogP contribution in [0.4, 0.5) is 0 Å². The minimum atomic E-state index is 0.469. The maximum absolute atomic E-state index is 5.96. The van der Waals surface area contributed by atoms with Crippen molar-refractivity contribution >= 4 is 0 Å². The summed E-state index contributed by atoms with van der Waals surface area (Å²) in [6, 6.07) is 21.6. The molecule has 2 aromatic carbocycles. The number of likely N-dealkylation sites (N-methyl/N-ethyl adjacent to an activating group) is 1. The van der Waals surface area contributed by atoms with Crippen LogP contribution in [0.3, 0.4) is 0 Å². The van der Waals surface area contributed by atoms with Gasteiger partial charge in [0.05, 0.1) is 13.2 Å². The SMILES string of the molecule is CN1CCN(Cc2ccccc2)C[C@H]1COCc1ccccc1. The molecule has 1 atom stereocenters. The minimum Gasteiger partial charge on any atom is -0.375 e. The van der Waals surface area contributed by atoms with E-state index in [1.807, 2.05) is 6.07 Å². The van der Waals surface area contributed by atoms with Gasteiger partial charge in [0, 0.05) is 32.2 Å². The lowest BCUT2D eigenvalue weighted by Gasteiger charge is -2.39. The molecule has 0 unspecified atom stereocenters. The Morgan fingerprint density at radius 1 is 0.913 bits per heavy atom. The third kappa shape index (κ3) is 4.90. The molecule has 1 saturated heterocycles. The molecule has 3 rings (SSSR count). The van der Waals surface area contributed by atoms with Crippen molar-refractivity contribution < 1.29 is 4.74 Å². The standard InChI is InChI=1S/C20H26N2O/c1-21-12-13-22(14-18-8-4-2-5-9-18)15-20(21)17-23-16-19-10-6-3-7-11-19/h2-11,20H,12-17H2,1H3/t20-/m0/s1. The second kappa shape index (κ2) is 8.25. The first kappa shape index (κ1) is 16.2. The molecule has 0 amide bonds. The predicted octanol–water partition coefficient (Wildman–Crippen LogP) is 3.02. The highest BCUT2D eigenvalue weighted by molar-refractivity contribution is 5.15. The van der Waals surface area contributed by atoms with Gasteiger partial charge in [-0.25, -0.2) is 0 Å². The molecule has 1 fully saturated rings. The molecule has 0 saturated carbocycles. The highest BCUT2D eigenvalue weighted by atomic mass is 16.5. The van der Waals surface area contributed by atoms with Gasteiger partial charge >= 0.3 is 0 Å². The summed E-state index contributed by atoms with van der Waals surface area (Å²) < 4.78 is 5.96. The molecule has 2 aromatic rings. The van der Waals surface area contributed by atoms with Crippen molar-refractivity contribution in [2.24, 2.45) is 0 Å². The smallest absolute Gasteiger partial charge is 0.0717 e. The molecule has 1 aliphatic heterocycles. The van der Waals surface area contributed by atoms with Crippen LogP contribution in [0.15, 0.2) is 60.7 Å². The van der Waals surface area contributed by atoms with Gasteiger partial charge in [-0.05, 0) is 18.2 Å². The van der Waals surface area contributed by atoms with Crippen molar-refractivity contribution in [3.05, 3.63) is 71.8 Å². The molecule has 3 heteroatoms. The van der Waals surface area contributed by atoms with E-state index in [4.69, 9.17) is 4.74 Å². The van der Waals surface area contributed by atoms with E-state index < -0.39 is 0 Å². The van der Waals surface area contributed by atoms with Gasteiger partial charge in [-0.3, -0.25) is 9.80 Å². The summed E-state index contributed by atoms with van der Waals surface area (Å²) in [4.78, 5) is 4.96. The van der Waals surface area contributed by atoms with E-state index in [-0.39, 0.29) is 0 Å². The van der Waals surface area contributed by atoms with Crippen LogP contribution in [-0.2, 0) is 17.9 Å². The quantitative estimate of drug-likeness (QED) is 0.816. The van der Waals surface area contributed by atoms with Crippen LogP contribution in [0.2, 0.25) is 0 Å². The fourth-order valence-electron chi connectivity index (χ4n) is 3.06. The fourth-order valence-corrected chi connectivity index (χ4v) is 3.06. The van der Waals surface area contributed by atoms with Crippen LogP contribution in [0.5, 0.6) is 0 Å². The van der Waals surface area contributed by atoms with E-state index in [0.29, 0.717) is 12.6 Å². The molecular formula is C20H26N2O. The van der Waals surface area contributed by atoms with E-state index >= 15 is 0 Å². The van der Waals surface area contributed by atoms with Gasteiger partial charge in [0.15, 0.2) is 0 Å². The minimum absolute atomic E-state index is 0.469. The molecule has 0 aromatic heterocycles. The molecule has 1 heterocycles. The lowest BCUT2D eigenvalue weighted by atomic mass is 10.1. The number of rotatable bonds is 6. The second-order valence-electron chi connectivity index (χ2n) is 6.36. The number of nitrogens with zero attached hydrogens (tertiary/aromatic N) is 2. The van der Waals surface area contributed by atoms with E-state index in [1.54, 1.807) is 0 Å². The van der Waals surface area contributed by atoms with E-state index in [2.05, 4.69) is 71.4 Å². The Bertz CT molecular complexity index is 573. The molecular weight excluding hydrogens is 284 g/mol. The lowest BCUT2D eigenvalue weighted by molar-refractivity contribution is 0.0139. The molecule has 0 radical (unpaired) electrons. The summed E-state index contributed by atoms with van der Waals surface area (Å²) in [5, 5.41) is 0. The van der Waals surface area contributed by atoms with Gasteiger partial charge in [-0.1, -0.05) is 60.7 Å². The van der Waals surface area contributed by atoms with E-state index in [1.165, 1.54) is 11.1 Å². The molecule has 23 heavy (non-hydrogen) atoms. The zero-order chi connectivity index (χ0) is 15.9. The Balaban J connectivity index is 1.48. The number of piperazine rings is 1. The Labute approximate surface area is 139 Å². The molecule has 0 bridgehead atoms. The van der Waals surface area contributed by atoms with Gasteiger partial charge in [-0.2, -0.15) is 0 Å². The fraction of sp³-hybridized carbons (Fsp3) is 0.400. The average Bonchev–Trinajstić information content (AvgIpc) is 2.59. The molecule has 122 valence electrons. The average molecular weight is 310 g/mol. The molecule has 0 aliphatic carbocycles. The lowest BCUT2D eigenvalue weighted by Crippen LogP contribution is -2.52. The van der Waals surface area contributed by atoms with E-state index in [0.717, 1.165) is 32.8 Å². The number of benzene rings is 2. The predicted molar refractivity (Wildman–Crippen MR) is 94.2 cm³/mol. The van der Waals surface area contributed by atoms with Crippen LogP contribution in [0.1, 0.15) is 11.1 Å². The molecule has 3 nitrogen and oxygen atoms in total. The van der Waals surface area contributed by atoms with Gasteiger partial charge in [0.2, 0.25) is 0 Å². The van der Waals surface area contributed by atoms with Gasteiger partial charge in [-0.15, -0.1) is 0 Å². The summed E-state index contributed by atoms with van der Waals surface area (Å²) in [5.74, 6) is 0. The first-order chi connectivity index (χ1) is 11.3. The summed E-state index contributed by atoms with van der Waals surface area (Å²) in [5.41, 5.74) is 2.63. The van der Waals surface area contributed by atoms with Gasteiger partial charge in [0.25, 0.3) is 0 Å². The zero-order valence-electron chi connectivity index (χ0n) is 13.9. The first-order valence-electron chi connectivity index (χ1n) is 8.39. The molecule has 0 spiro atoms. The Morgan fingerprint density at radius 3 is 2.26 bits per heavy atom. The van der Waals surface area contributed by atoms with Crippen molar-refractivity contribution in [3.8, 4) is 0 Å². The van der Waals surface area contributed by atoms with Crippen LogP contribution in [0, 0.1) is 0 Å². The van der Waals surface area contributed by atoms with Gasteiger partial charge in [0.1, 0.15) is 0 Å². The third-order valence-electron chi connectivity index (χ3n) is 4.53. The van der Waals surface area contributed by atoms with Crippen LogP contribution in [0.25, 0.3) is 0 Å². The zero-order valence-corrected chi connectivity index (χ0v) is 13.9. The van der Waals surface area contributed by atoms with Crippen molar-refractivity contribution in [2.75, 3.05) is 33.3 Å². The van der Waals surface area contributed by atoms with Crippen LogP contribution >= 0.6 is 0 Å². The normalized spacial score (nSPS) is 19.8. The van der Waals surface area contributed by atoms with Crippen LogP contribution in [-0.4, -0.2) is 49.1 Å². The Morgan fingerprint density at radius 2 is 1.57 bits per heavy atom. The topological polar surface area (TPSA) is 15.7 Å².